The molecule has 5 aliphatic rings. The van der Waals surface area contributed by atoms with E-state index in [1.54, 1.807) is 4.90 Å². The average Bonchev–Trinajstić information content (AvgIpc) is 2.89. The van der Waals surface area contributed by atoms with Crippen LogP contribution in [-0.2, 0) is 10.2 Å². The fourth-order valence-electron chi connectivity index (χ4n) is 6.48. The van der Waals surface area contributed by atoms with Gasteiger partial charge >= 0.3 is 0 Å². The largest absolute Gasteiger partial charge is 0.393 e. The van der Waals surface area contributed by atoms with Crippen LogP contribution in [0.15, 0.2) is 24.3 Å². The molecule has 6 atom stereocenters. The highest BCUT2D eigenvalue weighted by molar-refractivity contribution is 6.30. The standard InChI is InChI=1S/C20H24ClNO3/c21-14-3-1-12(2-4-14)20(8-18(24)22-9-15(23)10-22)13-5-11-6-17(20)16(7-13)19(11)25/h1-4,11,13,15-17,19,23,25H,5-10H2/t11?,13?,16?,17?,19-,20?/m0/s1. The van der Waals surface area contributed by atoms with Crippen molar-refractivity contribution in [3.8, 4) is 0 Å². The van der Waals surface area contributed by atoms with Gasteiger partial charge in [-0.05, 0) is 60.6 Å². The van der Waals surface area contributed by atoms with Crippen LogP contribution >= 0.6 is 11.6 Å². The third-order valence-corrected chi connectivity index (χ3v) is 7.82. The first-order chi connectivity index (χ1) is 12.0. The molecule has 4 saturated carbocycles. The summed E-state index contributed by atoms with van der Waals surface area (Å²) in [6, 6.07) is 8.01. The number of likely N-dealkylation sites (tertiary alicyclic amines) is 1. The molecule has 5 heteroatoms. The van der Waals surface area contributed by atoms with E-state index in [4.69, 9.17) is 11.6 Å². The number of β-amino-alcohol motifs (C(OH)–C–C–N with tert-alkyl or cyclic N) is 1. The number of amides is 1. The van der Waals surface area contributed by atoms with Crippen molar-refractivity contribution in [1.29, 1.82) is 0 Å². The van der Waals surface area contributed by atoms with Crippen LogP contribution in [0.2, 0.25) is 5.02 Å². The van der Waals surface area contributed by atoms with Gasteiger partial charge in [0, 0.05) is 29.9 Å². The summed E-state index contributed by atoms with van der Waals surface area (Å²) < 4.78 is 0. The first-order valence-electron chi connectivity index (χ1n) is 9.39. The maximum atomic E-state index is 12.9. The van der Waals surface area contributed by atoms with Crippen molar-refractivity contribution in [3.05, 3.63) is 34.9 Å². The third-order valence-electron chi connectivity index (χ3n) is 7.57. The van der Waals surface area contributed by atoms with Crippen LogP contribution in [0, 0.1) is 23.7 Å². The van der Waals surface area contributed by atoms with Crippen molar-refractivity contribution in [3.63, 3.8) is 0 Å². The maximum Gasteiger partial charge on any atom is 0.223 e. The lowest BCUT2D eigenvalue weighted by molar-refractivity contribution is -0.144. The predicted molar refractivity (Wildman–Crippen MR) is 94.2 cm³/mol. The van der Waals surface area contributed by atoms with Crippen LogP contribution in [-0.4, -0.2) is 46.3 Å². The van der Waals surface area contributed by atoms with E-state index in [0.717, 1.165) is 19.3 Å². The summed E-state index contributed by atoms with van der Waals surface area (Å²) >= 11 is 6.11. The Kier molecular flexibility index (Phi) is 3.51. The van der Waals surface area contributed by atoms with Gasteiger partial charge in [-0.25, -0.2) is 0 Å². The smallest absolute Gasteiger partial charge is 0.223 e. The molecule has 1 heterocycles. The molecule has 5 unspecified atom stereocenters. The number of aliphatic hydroxyl groups is 2. The number of benzene rings is 1. The first-order valence-corrected chi connectivity index (χ1v) is 9.77. The molecule has 4 aliphatic carbocycles. The van der Waals surface area contributed by atoms with Crippen molar-refractivity contribution < 1.29 is 15.0 Å². The number of halogens is 1. The van der Waals surface area contributed by atoms with E-state index < -0.39 is 0 Å². The first kappa shape index (κ1) is 16.1. The number of hydrogen-bond donors (Lipinski definition) is 2. The minimum atomic E-state index is -0.367. The molecule has 0 spiro atoms. The van der Waals surface area contributed by atoms with E-state index in [-0.39, 0.29) is 23.5 Å². The highest BCUT2D eigenvalue weighted by Gasteiger charge is 2.66. The Labute approximate surface area is 152 Å². The lowest BCUT2D eigenvalue weighted by atomic mass is 9.59. The SMILES string of the molecule is O=C(CC1(c2ccc(Cl)cc2)C2CC3CC1C(C2)[C@H]3O)N1CC(O)C1. The molecule has 1 amide bonds. The summed E-state index contributed by atoms with van der Waals surface area (Å²) in [7, 11) is 0. The second kappa shape index (κ2) is 5.45. The Morgan fingerprint density at radius 1 is 1.16 bits per heavy atom. The molecule has 0 radical (unpaired) electrons. The lowest BCUT2D eigenvalue weighted by Crippen LogP contribution is -2.56. The van der Waals surface area contributed by atoms with Gasteiger partial charge in [0.25, 0.3) is 0 Å². The molecule has 134 valence electrons. The number of carbonyl (C=O) groups excluding carboxylic acids is 1. The molecule has 1 aromatic rings. The van der Waals surface area contributed by atoms with Crippen LogP contribution in [0.5, 0.6) is 0 Å². The summed E-state index contributed by atoms with van der Waals surface area (Å²) in [5, 5.41) is 20.9. The molecule has 1 aliphatic heterocycles. The molecule has 1 aromatic carbocycles. The Balaban J connectivity index is 1.53. The van der Waals surface area contributed by atoms with Crippen molar-refractivity contribution in [2.24, 2.45) is 23.7 Å². The summed E-state index contributed by atoms with van der Waals surface area (Å²) in [5.41, 5.74) is 1.03. The van der Waals surface area contributed by atoms with Gasteiger partial charge in [0.2, 0.25) is 5.91 Å². The molecule has 25 heavy (non-hydrogen) atoms. The number of aliphatic hydroxyl groups excluding tert-OH is 2. The summed E-state index contributed by atoms with van der Waals surface area (Å²) in [6.45, 7) is 0.916. The zero-order chi connectivity index (χ0) is 17.3. The maximum absolute atomic E-state index is 12.9. The van der Waals surface area contributed by atoms with Crippen molar-refractivity contribution in [2.45, 2.75) is 43.3 Å². The quantitative estimate of drug-likeness (QED) is 0.867. The zero-order valence-electron chi connectivity index (χ0n) is 14.1. The van der Waals surface area contributed by atoms with E-state index in [0.29, 0.717) is 48.2 Å². The number of carbonyl (C=O) groups is 1. The summed E-state index contributed by atoms with van der Waals surface area (Å²) in [4.78, 5) is 14.7. The van der Waals surface area contributed by atoms with E-state index in [2.05, 4.69) is 12.1 Å². The Morgan fingerprint density at radius 2 is 1.88 bits per heavy atom. The zero-order valence-corrected chi connectivity index (χ0v) is 14.9. The third kappa shape index (κ3) is 2.17. The molecule has 1 saturated heterocycles. The van der Waals surface area contributed by atoms with Gasteiger partial charge in [0.1, 0.15) is 0 Å². The minimum Gasteiger partial charge on any atom is -0.393 e. The minimum absolute atomic E-state index is 0.144. The van der Waals surface area contributed by atoms with E-state index in [1.165, 1.54) is 5.56 Å². The van der Waals surface area contributed by atoms with Gasteiger partial charge in [-0.2, -0.15) is 0 Å². The number of nitrogens with zero attached hydrogens (tertiary/aromatic N) is 1. The van der Waals surface area contributed by atoms with Crippen LogP contribution in [0.25, 0.3) is 0 Å². The number of rotatable bonds is 3. The summed E-state index contributed by atoms with van der Waals surface area (Å²) in [6.07, 6.45) is 3.01. The lowest BCUT2D eigenvalue weighted by Gasteiger charge is -2.47. The fraction of sp³-hybridized carbons (Fsp3) is 0.650. The topological polar surface area (TPSA) is 60.8 Å². The molecule has 4 bridgehead atoms. The van der Waals surface area contributed by atoms with Gasteiger partial charge < -0.3 is 15.1 Å². The van der Waals surface area contributed by atoms with Gasteiger partial charge in [0.05, 0.1) is 12.2 Å². The highest BCUT2D eigenvalue weighted by Crippen LogP contribution is 2.68. The van der Waals surface area contributed by atoms with Crippen LogP contribution in [0.4, 0.5) is 0 Å². The highest BCUT2D eigenvalue weighted by atomic mass is 35.5. The Morgan fingerprint density at radius 3 is 2.56 bits per heavy atom. The molecule has 4 nitrogen and oxygen atoms in total. The molecular weight excluding hydrogens is 338 g/mol. The van der Waals surface area contributed by atoms with Crippen molar-refractivity contribution in [1.82, 2.24) is 4.90 Å². The second-order valence-corrected chi connectivity index (χ2v) is 9.04. The fourth-order valence-corrected chi connectivity index (χ4v) is 6.61. The Hall–Kier alpha value is -1.10. The molecule has 0 aromatic heterocycles. The monoisotopic (exact) mass is 361 g/mol. The van der Waals surface area contributed by atoms with Crippen LogP contribution < -0.4 is 0 Å². The van der Waals surface area contributed by atoms with Gasteiger partial charge in [-0.15, -0.1) is 0 Å². The molecule has 6 rings (SSSR count). The average molecular weight is 362 g/mol. The van der Waals surface area contributed by atoms with E-state index >= 15 is 0 Å². The Bertz CT molecular complexity index is 697. The summed E-state index contributed by atoms with van der Waals surface area (Å²) in [5.74, 6) is 1.72. The van der Waals surface area contributed by atoms with Gasteiger partial charge in [0.15, 0.2) is 0 Å². The molecular formula is C20H24ClNO3. The molecule has 5 fully saturated rings. The van der Waals surface area contributed by atoms with Crippen molar-refractivity contribution in [2.75, 3.05) is 13.1 Å². The normalized spacial score (nSPS) is 42.0. The van der Waals surface area contributed by atoms with E-state index in [1.807, 2.05) is 12.1 Å². The predicted octanol–water partition coefficient (Wildman–Crippen LogP) is 2.21. The van der Waals surface area contributed by atoms with Crippen LogP contribution in [0.3, 0.4) is 0 Å². The number of hydrogen-bond acceptors (Lipinski definition) is 3. The van der Waals surface area contributed by atoms with Crippen LogP contribution in [0.1, 0.15) is 31.2 Å². The van der Waals surface area contributed by atoms with Gasteiger partial charge in [-0.1, -0.05) is 23.7 Å². The molecule has 2 N–H and O–H groups in total. The second-order valence-electron chi connectivity index (χ2n) is 8.60. The van der Waals surface area contributed by atoms with Crippen molar-refractivity contribution >= 4 is 17.5 Å². The van der Waals surface area contributed by atoms with Gasteiger partial charge in [-0.3, -0.25) is 4.79 Å². The van der Waals surface area contributed by atoms with E-state index in [9.17, 15) is 15.0 Å².